The van der Waals surface area contributed by atoms with Gasteiger partial charge in [-0.2, -0.15) is 0 Å². The largest absolute Gasteiger partial charge is 0.508 e. The Morgan fingerprint density at radius 1 is 0.516 bits per heavy atom. The molecule has 0 bridgehead atoms. The van der Waals surface area contributed by atoms with Crippen molar-refractivity contribution in [3.05, 3.63) is 119 Å². The summed E-state index contributed by atoms with van der Waals surface area (Å²) in [5, 5.41) is 42.8. The predicted octanol–water partition coefficient (Wildman–Crippen LogP) is 5.65. The number of aromatic hydroxyl groups is 4. The van der Waals surface area contributed by atoms with Crippen LogP contribution >= 0.6 is 0 Å². The first-order valence-electron chi connectivity index (χ1n) is 10.1. The number of rotatable bonds is 5. The smallest absolute Gasteiger partial charge is 0.120 e. The van der Waals surface area contributed by atoms with Gasteiger partial charge in [0.05, 0.1) is 5.41 Å². The van der Waals surface area contributed by atoms with Crippen LogP contribution in [0.25, 0.3) is 0 Å². The van der Waals surface area contributed by atoms with E-state index in [1.165, 1.54) is 0 Å². The van der Waals surface area contributed by atoms with Gasteiger partial charge in [0.25, 0.3) is 0 Å². The lowest BCUT2D eigenvalue weighted by Gasteiger charge is -2.42. The highest BCUT2D eigenvalue weighted by molar-refractivity contribution is 5.63. The average Bonchev–Trinajstić information content (AvgIpc) is 2.78. The fraction of sp³-hybridized carbons (Fsp3) is 0.111. The molecule has 31 heavy (non-hydrogen) atoms. The maximum absolute atomic E-state index is 11.0. The molecule has 0 radical (unpaired) electrons. The Morgan fingerprint density at radius 2 is 0.871 bits per heavy atom. The van der Waals surface area contributed by atoms with Gasteiger partial charge < -0.3 is 20.4 Å². The van der Waals surface area contributed by atoms with Gasteiger partial charge in [-0.05, 0) is 41.8 Å². The molecule has 1 unspecified atom stereocenters. The van der Waals surface area contributed by atoms with Crippen molar-refractivity contribution in [1.82, 2.24) is 0 Å². The summed E-state index contributed by atoms with van der Waals surface area (Å²) in [4.78, 5) is 0. The Balaban J connectivity index is 2.17. The van der Waals surface area contributed by atoms with E-state index in [-0.39, 0.29) is 28.9 Å². The fourth-order valence-electron chi connectivity index (χ4n) is 4.57. The van der Waals surface area contributed by atoms with E-state index < -0.39 is 5.41 Å². The number of para-hydroxylation sites is 3. The molecule has 0 aromatic heterocycles. The summed E-state index contributed by atoms with van der Waals surface area (Å²) >= 11 is 0. The zero-order valence-corrected chi connectivity index (χ0v) is 17.1. The van der Waals surface area contributed by atoms with E-state index in [9.17, 15) is 20.4 Å². The van der Waals surface area contributed by atoms with E-state index in [1.807, 2.05) is 55.5 Å². The van der Waals surface area contributed by atoms with Crippen molar-refractivity contribution < 1.29 is 20.4 Å². The predicted molar refractivity (Wildman–Crippen MR) is 121 cm³/mol. The molecule has 0 aliphatic heterocycles. The van der Waals surface area contributed by atoms with Crippen LogP contribution in [0.15, 0.2) is 97.1 Å². The monoisotopic (exact) mass is 412 g/mol. The summed E-state index contributed by atoms with van der Waals surface area (Å²) in [5.41, 5.74) is 1.40. The molecule has 1 atom stereocenters. The first-order valence-corrected chi connectivity index (χ1v) is 10.1. The van der Waals surface area contributed by atoms with Crippen molar-refractivity contribution in [2.45, 2.75) is 18.3 Å². The van der Waals surface area contributed by atoms with Crippen LogP contribution in [0.2, 0.25) is 0 Å². The van der Waals surface area contributed by atoms with Gasteiger partial charge in [0.1, 0.15) is 23.0 Å². The lowest BCUT2D eigenvalue weighted by atomic mass is 9.60. The van der Waals surface area contributed by atoms with Crippen LogP contribution < -0.4 is 0 Å². The molecule has 0 aliphatic carbocycles. The van der Waals surface area contributed by atoms with Crippen LogP contribution in [0, 0.1) is 0 Å². The van der Waals surface area contributed by atoms with Gasteiger partial charge in [0, 0.05) is 16.7 Å². The molecule has 0 amide bonds. The molecule has 4 N–H and O–H groups in total. The number of benzene rings is 4. The van der Waals surface area contributed by atoms with Crippen molar-refractivity contribution in [1.29, 1.82) is 0 Å². The summed E-state index contributed by atoms with van der Waals surface area (Å²) in [7, 11) is 0. The molecule has 0 fully saturated rings. The van der Waals surface area contributed by atoms with Gasteiger partial charge in [-0.25, -0.2) is 0 Å². The lowest BCUT2D eigenvalue weighted by molar-refractivity contribution is 0.396. The molecule has 0 spiro atoms. The van der Waals surface area contributed by atoms with Crippen molar-refractivity contribution in [2.24, 2.45) is 0 Å². The van der Waals surface area contributed by atoms with Crippen LogP contribution in [0.3, 0.4) is 0 Å². The molecular weight excluding hydrogens is 388 g/mol. The second-order valence-electron chi connectivity index (χ2n) is 7.67. The Morgan fingerprint density at radius 3 is 1.23 bits per heavy atom. The third-order valence-electron chi connectivity index (χ3n) is 6.03. The molecule has 4 rings (SSSR count). The van der Waals surface area contributed by atoms with E-state index >= 15 is 0 Å². The Labute approximate surface area is 181 Å². The molecule has 0 heterocycles. The fourth-order valence-corrected chi connectivity index (χ4v) is 4.57. The lowest BCUT2D eigenvalue weighted by Crippen LogP contribution is -2.35. The topological polar surface area (TPSA) is 80.9 Å². The average molecular weight is 412 g/mol. The van der Waals surface area contributed by atoms with Gasteiger partial charge in [0.2, 0.25) is 0 Å². The van der Waals surface area contributed by atoms with Crippen LogP contribution in [0.4, 0.5) is 0 Å². The van der Waals surface area contributed by atoms with E-state index in [2.05, 4.69) is 0 Å². The highest BCUT2D eigenvalue weighted by Crippen LogP contribution is 2.55. The molecule has 0 aliphatic rings. The van der Waals surface area contributed by atoms with Gasteiger partial charge >= 0.3 is 0 Å². The summed E-state index contributed by atoms with van der Waals surface area (Å²) in [6, 6.07) is 27.8. The van der Waals surface area contributed by atoms with Gasteiger partial charge in [-0.15, -0.1) is 0 Å². The Bertz CT molecular complexity index is 1090. The first kappa shape index (κ1) is 20.4. The summed E-state index contributed by atoms with van der Waals surface area (Å²) in [6.45, 7) is 1.98. The van der Waals surface area contributed by atoms with E-state index in [4.69, 9.17) is 0 Å². The molecule has 4 heteroatoms. The number of hydrogen-bond donors (Lipinski definition) is 4. The highest BCUT2D eigenvalue weighted by Gasteiger charge is 2.46. The van der Waals surface area contributed by atoms with Crippen LogP contribution in [-0.2, 0) is 5.41 Å². The summed E-state index contributed by atoms with van der Waals surface area (Å²) < 4.78 is 0. The van der Waals surface area contributed by atoms with E-state index in [1.54, 1.807) is 48.5 Å². The Hall–Kier alpha value is -3.92. The van der Waals surface area contributed by atoms with Crippen molar-refractivity contribution >= 4 is 0 Å². The zero-order chi connectivity index (χ0) is 22.0. The minimum Gasteiger partial charge on any atom is -0.508 e. The quantitative estimate of drug-likeness (QED) is 0.320. The molecule has 4 nitrogen and oxygen atoms in total. The third-order valence-corrected chi connectivity index (χ3v) is 6.03. The maximum atomic E-state index is 11.0. The molecule has 0 saturated carbocycles. The molecule has 0 saturated heterocycles. The minimum atomic E-state index is -1.13. The van der Waals surface area contributed by atoms with Crippen molar-refractivity contribution in [3.63, 3.8) is 0 Å². The number of phenolic OH excluding ortho intramolecular Hbond substituents is 4. The van der Waals surface area contributed by atoms with Gasteiger partial charge in [-0.3, -0.25) is 0 Å². The van der Waals surface area contributed by atoms with Gasteiger partial charge in [-0.1, -0.05) is 73.7 Å². The Kier molecular flexibility index (Phi) is 5.30. The molecule has 156 valence electrons. The highest BCUT2D eigenvalue weighted by atomic mass is 16.3. The van der Waals surface area contributed by atoms with Crippen LogP contribution in [0.5, 0.6) is 23.0 Å². The second-order valence-corrected chi connectivity index (χ2v) is 7.67. The van der Waals surface area contributed by atoms with E-state index in [0.29, 0.717) is 16.7 Å². The standard InChI is InChI=1S/C27H24O4/c1-18(19-14-16-20(28)17-15-19)27(21-8-2-5-11-24(21)29,22-9-3-6-12-25(22)30)23-10-4-7-13-26(23)31/h2-18,28-31H,1H3. The molecule has 4 aromatic carbocycles. The van der Waals surface area contributed by atoms with Crippen molar-refractivity contribution in [2.75, 3.05) is 0 Å². The molecule has 4 aromatic rings. The van der Waals surface area contributed by atoms with E-state index in [0.717, 1.165) is 5.56 Å². The minimum absolute atomic E-state index is 0.0552. The maximum Gasteiger partial charge on any atom is 0.120 e. The van der Waals surface area contributed by atoms with Crippen molar-refractivity contribution in [3.8, 4) is 23.0 Å². The van der Waals surface area contributed by atoms with Crippen LogP contribution in [-0.4, -0.2) is 20.4 Å². The first-order chi connectivity index (χ1) is 15.0. The SMILES string of the molecule is CC(c1ccc(O)cc1)C(c1ccccc1O)(c1ccccc1O)c1ccccc1O. The number of hydrogen-bond acceptors (Lipinski definition) is 4. The van der Waals surface area contributed by atoms with Crippen LogP contribution in [0.1, 0.15) is 35.1 Å². The second kappa shape index (κ2) is 8.07. The zero-order valence-electron chi connectivity index (χ0n) is 17.1. The number of phenols is 4. The van der Waals surface area contributed by atoms with Gasteiger partial charge in [0.15, 0.2) is 0 Å². The third kappa shape index (κ3) is 3.36. The molecular formula is C27H24O4. The normalized spacial score (nSPS) is 12.4. The summed E-state index contributed by atoms with van der Waals surface area (Å²) in [6.07, 6.45) is 0. The summed E-state index contributed by atoms with van der Waals surface area (Å²) in [5.74, 6) is -0.0314.